The fraction of sp³-hybridized carbons (Fsp3) is 0.447. The largest absolute Gasteiger partial charge is 0.507 e. The van der Waals surface area contributed by atoms with Gasteiger partial charge in [-0.2, -0.15) is 0 Å². The van der Waals surface area contributed by atoms with E-state index in [1.807, 2.05) is 12.4 Å². The Bertz CT molecular complexity index is 1720. The van der Waals surface area contributed by atoms with Gasteiger partial charge in [0, 0.05) is 30.0 Å². The van der Waals surface area contributed by atoms with Crippen molar-refractivity contribution in [3.8, 4) is 11.5 Å². The SMILES string of the molecule is CC(C)c1cccc(C(C)C)c1N=Cc1cc(C(C)(C)C)cc(Cc2cc(C(C)(C)C)cc(C=Nc3c(C(C)C)cccc3C(C)C)c2O)c1O. The molecule has 4 aromatic rings. The summed E-state index contributed by atoms with van der Waals surface area (Å²) < 4.78 is 0. The van der Waals surface area contributed by atoms with Gasteiger partial charge in [0.05, 0.1) is 11.4 Å². The third-order valence-electron chi connectivity index (χ3n) is 9.90. The molecule has 0 aliphatic rings. The second-order valence-electron chi connectivity index (χ2n) is 17.5. The normalized spacial score (nSPS) is 12.9. The number of rotatable bonds is 10. The fourth-order valence-corrected chi connectivity index (χ4v) is 6.57. The van der Waals surface area contributed by atoms with E-state index in [0.717, 1.165) is 33.6 Å². The molecule has 0 heterocycles. The molecule has 0 fully saturated rings. The Morgan fingerprint density at radius 2 is 0.804 bits per heavy atom. The maximum atomic E-state index is 11.9. The van der Waals surface area contributed by atoms with Gasteiger partial charge in [0.1, 0.15) is 11.5 Å². The third kappa shape index (κ3) is 9.19. The molecule has 0 saturated heterocycles. The van der Waals surface area contributed by atoms with Crippen molar-refractivity contribution in [1.82, 2.24) is 0 Å². The van der Waals surface area contributed by atoms with Crippen molar-refractivity contribution < 1.29 is 10.2 Å². The Hall–Kier alpha value is -4.18. The molecule has 0 aromatic heterocycles. The van der Waals surface area contributed by atoms with Crippen LogP contribution in [0, 0.1) is 0 Å². The lowest BCUT2D eigenvalue weighted by atomic mass is 9.82. The molecule has 4 heteroatoms. The van der Waals surface area contributed by atoms with Gasteiger partial charge >= 0.3 is 0 Å². The number of aliphatic imine (C=N–C) groups is 2. The quantitative estimate of drug-likeness (QED) is 0.163. The highest BCUT2D eigenvalue weighted by Gasteiger charge is 2.23. The standard InChI is InChI=1S/C47H62N2O2/c1-28(2)38-17-15-18-39(29(3)4)42(38)48-26-34-24-36(46(9,10)11)22-32(44(34)50)21-33-23-37(47(12,13)14)25-35(45(33)51)27-49-43-40(30(5)6)19-16-20-41(43)31(7)8/h15-20,22-31,50-51H,21H2,1-14H3. The van der Waals surface area contributed by atoms with E-state index in [2.05, 4.69) is 158 Å². The number of phenolic OH excluding ortho intramolecular Hbond substituents is 2. The number of hydrogen-bond donors (Lipinski definition) is 2. The van der Waals surface area contributed by atoms with E-state index < -0.39 is 0 Å². The first-order valence-corrected chi connectivity index (χ1v) is 18.8. The molecule has 0 saturated carbocycles. The molecule has 0 aliphatic carbocycles. The summed E-state index contributed by atoms with van der Waals surface area (Å²) >= 11 is 0. The molecule has 0 atom stereocenters. The van der Waals surface area contributed by atoms with Crippen molar-refractivity contribution in [2.24, 2.45) is 9.98 Å². The summed E-state index contributed by atoms with van der Waals surface area (Å²) in [7, 11) is 0. The minimum atomic E-state index is -0.172. The average Bonchev–Trinajstić information content (AvgIpc) is 3.03. The van der Waals surface area contributed by atoms with E-state index in [1.54, 1.807) is 0 Å². The molecular formula is C47H62N2O2. The van der Waals surface area contributed by atoms with Crippen LogP contribution in [0.2, 0.25) is 0 Å². The van der Waals surface area contributed by atoms with Crippen LogP contribution >= 0.6 is 0 Å². The Labute approximate surface area is 308 Å². The van der Waals surface area contributed by atoms with Crippen molar-refractivity contribution in [3.63, 3.8) is 0 Å². The summed E-state index contributed by atoms with van der Waals surface area (Å²) in [5.41, 5.74) is 11.4. The molecule has 0 spiro atoms. The van der Waals surface area contributed by atoms with Gasteiger partial charge in [-0.05, 0) is 91.1 Å². The monoisotopic (exact) mass is 686 g/mol. The topological polar surface area (TPSA) is 65.2 Å². The van der Waals surface area contributed by atoms with Crippen LogP contribution in [0.1, 0.15) is 176 Å². The van der Waals surface area contributed by atoms with E-state index in [-0.39, 0.29) is 22.3 Å². The second-order valence-corrected chi connectivity index (χ2v) is 17.5. The number of nitrogens with zero attached hydrogens (tertiary/aromatic N) is 2. The minimum Gasteiger partial charge on any atom is -0.507 e. The van der Waals surface area contributed by atoms with Gasteiger partial charge in [-0.1, -0.05) is 145 Å². The maximum absolute atomic E-state index is 11.9. The van der Waals surface area contributed by atoms with Crippen LogP contribution < -0.4 is 0 Å². The summed E-state index contributed by atoms with van der Waals surface area (Å²) in [6.07, 6.45) is 4.00. The number of benzene rings is 4. The molecule has 51 heavy (non-hydrogen) atoms. The summed E-state index contributed by atoms with van der Waals surface area (Å²) in [5.74, 6) is 1.62. The van der Waals surface area contributed by atoms with Crippen molar-refractivity contribution in [2.75, 3.05) is 0 Å². The highest BCUT2D eigenvalue weighted by molar-refractivity contribution is 5.89. The van der Waals surface area contributed by atoms with Crippen LogP contribution in [0.25, 0.3) is 0 Å². The van der Waals surface area contributed by atoms with Crippen LogP contribution in [-0.2, 0) is 17.3 Å². The number of para-hydroxylation sites is 2. The summed E-state index contributed by atoms with van der Waals surface area (Å²) in [4.78, 5) is 10.1. The second kappa shape index (κ2) is 15.6. The fourth-order valence-electron chi connectivity index (χ4n) is 6.57. The van der Waals surface area contributed by atoms with Crippen LogP contribution in [0.4, 0.5) is 11.4 Å². The Balaban J connectivity index is 1.89. The molecule has 4 aromatic carbocycles. The highest BCUT2D eigenvalue weighted by atomic mass is 16.3. The van der Waals surface area contributed by atoms with Gasteiger partial charge in [0.15, 0.2) is 0 Å². The van der Waals surface area contributed by atoms with E-state index in [9.17, 15) is 10.2 Å². The summed E-state index contributed by atoms with van der Waals surface area (Å²) in [5, 5.41) is 23.8. The van der Waals surface area contributed by atoms with E-state index >= 15 is 0 Å². The van der Waals surface area contributed by atoms with Gasteiger partial charge in [-0.3, -0.25) is 9.98 Å². The number of phenols is 2. The molecule has 0 bridgehead atoms. The highest BCUT2D eigenvalue weighted by Crippen LogP contribution is 2.39. The van der Waals surface area contributed by atoms with Gasteiger partial charge in [0.2, 0.25) is 0 Å². The number of aromatic hydroxyl groups is 2. The van der Waals surface area contributed by atoms with E-state index in [4.69, 9.17) is 9.98 Å². The molecule has 0 radical (unpaired) electrons. The Kier molecular flexibility index (Phi) is 12.1. The predicted octanol–water partition coefficient (Wildman–Crippen LogP) is 13.3. The van der Waals surface area contributed by atoms with Gasteiger partial charge in [-0.15, -0.1) is 0 Å². The Morgan fingerprint density at radius 1 is 0.510 bits per heavy atom. The predicted molar refractivity (Wildman–Crippen MR) is 220 cm³/mol. The summed E-state index contributed by atoms with van der Waals surface area (Å²) in [6, 6.07) is 21.1. The zero-order valence-electron chi connectivity index (χ0n) is 33.7. The molecule has 4 rings (SSSR count). The van der Waals surface area contributed by atoms with Crippen molar-refractivity contribution in [1.29, 1.82) is 0 Å². The lowest BCUT2D eigenvalue weighted by molar-refractivity contribution is 0.460. The van der Waals surface area contributed by atoms with E-state index in [0.29, 0.717) is 41.2 Å². The van der Waals surface area contributed by atoms with Crippen molar-refractivity contribution in [3.05, 3.63) is 116 Å². The van der Waals surface area contributed by atoms with Crippen LogP contribution in [0.15, 0.2) is 70.6 Å². The van der Waals surface area contributed by atoms with Crippen LogP contribution in [0.5, 0.6) is 11.5 Å². The minimum absolute atomic E-state index is 0.172. The van der Waals surface area contributed by atoms with Crippen molar-refractivity contribution >= 4 is 23.8 Å². The van der Waals surface area contributed by atoms with Gasteiger partial charge in [0.25, 0.3) is 0 Å². The first-order chi connectivity index (χ1) is 23.7. The van der Waals surface area contributed by atoms with Crippen molar-refractivity contribution in [2.45, 2.75) is 138 Å². The average molecular weight is 687 g/mol. The van der Waals surface area contributed by atoms with Gasteiger partial charge < -0.3 is 10.2 Å². The molecule has 2 N–H and O–H groups in total. The van der Waals surface area contributed by atoms with Gasteiger partial charge in [-0.25, -0.2) is 0 Å². The Morgan fingerprint density at radius 3 is 1.06 bits per heavy atom. The lowest BCUT2D eigenvalue weighted by Crippen LogP contribution is -2.14. The lowest BCUT2D eigenvalue weighted by Gasteiger charge is -2.24. The van der Waals surface area contributed by atoms with Crippen LogP contribution in [0.3, 0.4) is 0 Å². The molecule has 0 amide bonds. The van der Waals surface area contributed by atoms with E-state index in [1.165, 1.54) is 22.3 Å². The zero-order valence-corrected chi connectivity index (χ0v) is 33.7. The third-order valence-corrected chi connectivity index (χ3v) is 9.90. The molecule has 4 nitrogen and oxygen atoms in total. The zero-order chi connectivity index (χ0) is 38.0. The molecular weight excluding hydrogens is 625 g/mol. The number of hydrogen-bond acceptors (Lipinski definition) is 4. The smallest absolute Gasteiger partial charge is 0.127 e. The first kappa shape index (κ1) is 39.6. The summed E-state index contributed by atoms with van der Waals surface area (Å²) in [6.45, 7) is 30.6. The molecule has 0 unspecified atom stereocenters. The molecule has 0 aliphatic heterocycles. The maximum Gasteiger partial charge on any atom is 0.127 e. The molecule has 272 valence electrons. The van der Waals surface area contributed by atoms with Crippen LogP contribution in [-0.4, -0.2) is 22.6 Å². The first-order valence-electron chi connectivity index (χ1n) is 18.8.